The summed E-state index contributed by atoms with van der Waals surface area (Å²) in [6.45, 7) is -0.204. The summed E-state index contributed by atoms with van der Waals surface area (Å²) >= 11 is 4.93. The van der Waals surface area contributed by atoms with E-state index in [1.54, 1.807) is 0 Å². The van der Waals surface area contributed by atoms with Crippen molar-refractivity contribution in [1.82, 2.24) is 10.2 Å². The van der Waals surface area contributed by atoms with Gasteiger partial charge in [-0.15, -0.1) is 0 Å². The second kappa shape index (κ2) is 4.06. The van der Waals surface area contributed by atoms with Gasteiger partial charge in [0, 0.05) is 0 Å². The first kappa shape index (κ1) is 12.0. The van der Waals surface area contributed by atoms with E-state index in [4.69, 9.17) is 18.0 Å². The zero-order chi connectivity index (χ0) is 12.6. The second-order valence-electron chi connectivity index (χ2n) is 4.43. The average Bonchev–Trinajstić information content (AvgIpc) is 2.13. The Balaban J connectivity index is 2.16. The van der Waals surface area contributed by atoms with Gasteiger partial charge in [-0.3, -0.25) is 19.7 Å². The molecule has 1 aliphatic heterocycles. The Morgan fingerprint density at radius 3 is 2.18 bits per heavy atom. The van der Waals surface area contributed by atoms with E-state index in [2.05, 4.69) is 5.32 Å². The van der Waals surface area contributed by atoms with Crippen LogP contribution in [0.4, 0.5) is 0 Å². The fourth-order valence-corrected chi connectivity index (χ4v) is 2.47. The molecular formula is C10H13N3O3S. The number of nitrogens with two attached hydrogens (primary N) is 1. The van der Waals surface area contributed by atoms with Gasteiger partial charge >= 0.3 is 0 Å². The number of carbonyl (C=O) groups is 3. The van der Waals surface area contributed by atoms with Gasteiger partial charge in [0.1, 0.15) is 13.1 Å². The first-order chi connectivity index (χ1) is 7.95. The minimum atomic E-state index is -0.826. The van der Waals surface area contributed by atoms with Crippen molar-refractivity contribution in [3.8, 4) is 0 Å². The summed E-state index contributed by atoms with van der Waals surface area (Å²) in [7, 11) is 0. The molecule has 0 unspecified atom stereocenters. The standard InChI is InChI=1S/C10H13N3O3S/c11-8(17)10(2-1-3-10)9(16)13-4-6(14)12-7(15)5-13/h1-5H2,(H2,11,17)(H,12,14,15). The predicted molar refractivity (Wildman–Crippen MR) is 62.8 cm³/mol. The number of nitrogens with zero attached hydrogens (tertiary/aromatic N) is 1. The molecule has 7 heteroatoms. The van der Waals surface area contributed by atoms with Gasteiger partial charge in [0.05, 0.1) is 10.4 Å². The molecule has 0 aromatic carbocycles. The molecule has 0 aromatic rings. The Labute approximate surface area is 104 Å². The van der Waals surface area contributed by atoms with Crippen molar-refractivity contribution in [2.75, 3.05) is 13.1 Å². The van der Waals surface area contributed by atoms with E-state index in [9.17, 15) is 14.4 Å². The smallest absolute Gasteiger partial charge is 0.246 e. The van der Waals surface area contributed by atoms with Crippen LogP contribution in [0.2, 0.25) is 0 Å². The zero-order valence-electron chi connectivity index (χ0n) is 9.19. The summed E-state index contributed by atoms with van der Waals surface area (Å²) in [5.41, 5.74) is 4.78. The number of carbonyl (C=O) groups excluding carboxylic acids is 3. The number of amides is 3. The molecule has 2 rings (SSSR count). The SMILES string of the molecule is NC(=S)C1(C(=O)N2CC(=O)NC(=O)C2)CCC1. The second-order valence-corrected chi connectivity index (χ2v) is 4.87. The van der Waals surface area contributed by atoms with E-state index in [1.807, 2.05) is 0 Å². The van der Waals surface area contributed by atoms with Gasteiger partial charge in [0.25, 0.3) is 0 Å². The molecule has 0 spiro atoms. The summed E-state index contributed by atoms with van der Waals surface area (Å²) in [5.74, 6) is -1.22. The van der Waals surface area contributed by atoms with Crippen LogP contribution >= 0.6 is 12.2 Å². The molecule has 0 aromatic heterocycles. The van der Waals surface area contributed by atoms with Gasteiger partial charge < -0.3 is 10.6 Å². The van der Waals surface area contributed by atoms with Crippen LogP contribution in [0.15, 0.2) is 0 Å². The van der Waals surface area contributed by atoms with Crippen LogP contribution in [0.3, 0.4) is 0 Å². The van der Waals surface area contributed by atoms with Gasteiger partial charge in [-0.25, -0.2) is 0 Å². The van der Waals surface area contributed by atoms with Crippen molar-refractivity contribution in [2.24, 2.45) is 11.1 Å². The Bertz CT molecular complexity index is 401. The van der Waals surface area contributed by atoms with Crippen LogP contribution in [-0.2, 0) is 14.4 Å². The third-order valence-electron chi connectivity index (χ3n) is 3.32. The fourth-order valence-electron chi connectivity index (χ4n) is 2.18. The predicted octanol–water partition coefficient (Wildman–Crippen LogP) is -1.07. The van der Waals surface area contributed by atoms with Crippen LogP contribution in [0, 0.1) is 5.41 Å². The minimum absolute atomic E-state index is 0.102. The first-order valence-corrected chi connectivity index (χ1v) is 5.78. The first-order valence-electron chi connectivity index (χ1n) is 5.38. The number of nitrogens with one attached hydrogen (secondary N) is 1. The third kappa shape index (κ3) is 1.90. The average molecular weight is 255 g/mol. The number of rotatable bonds is 2. The van der Waals surface area contributed by atoms with Crippen molar-refractivity contribution >= 4 is 34.9 Å². The highest BCUT2D eigenvalue weighted by molar-refractivity contribution is 7.80. The molecule has 17 heavy (non-hydrogen) atoms. The Kier molecular flexibility index (Phi) is 2.86. The molecule has 3 N–H and O–H groups in total. The Morgan fingerprint density at radius 1 is 1.29 bits per heavy atom. The number of imide groups is 1. The van der Waals surface area contributed by atoms with Crippen LogP contribution in [0.25, 0.3) is 0 Å². The largest absolute Gasteiger partial charge is 0.392 e. The number of piperazine rings is 1. The van der Waals surface area contributed by atoms with Gasteiger partial charge in [0.15, 0.2) is 0 Å². The normalized spacial score (nSPS) is 22.7. The molecule has 6 nitrogen and oxygen atoms in total. The van der Waals surface area contributed by atoms with Crippen LogP contribution in [-0.4, -0.2) is 40.7 Å². The highest BCUT2D eigenvalue weighted by atomic mass is 32.1. The van der Waals surface area contributed by atoms with E-state index in [-0.39, 0.29) is 24.0 Å². The molecule has 92 valence electrons. The van der Waals surface area contributed by atoms with E-state index in [0.717, 1.165) is 6.42 Å². The molecule has 2 aliphatic rings. The molecule has 0 atom stereocenters. The van der Waals surface area contributed by atoms with Crippen molar-refractivity contribution in [3.63, 3.8) is 0 Å². The van der Waals surface area contributed by atoms with Crippen molar-refractivity contribution in [3.05, 3.63) is 0 Å². The maximum atomic E-state index is 12.3. The van der Waals surface area contributed by atoms with Crippen molar-refractivity contribution in [2.45, 2.75) is 19.3 Å². The highest BCUT2D eigenvalue weighted by Crippen LogP contribution is 2.42. The topological polar surface area (TPSA) is 92.5 Å². The highest BCUT2D eigenvalue weighted by Gasteiger charge is 2.49. The van der Waals surface area contributed by atoms with E-state index in [0.29, 0.717) is 12.8 Å². The van der Waals surface area contributed by atoms with E-state index >= 15 is 0 Å². The summed E-state index contributed by atoms with van der Waals surface area (Å²) in [6.07, 6.45) is 2.10. The summed E-state index contributed by atoms with van der Waals surface area (Å²) < 4.78 is 0. The quantitative estimate of drug-likeness (QED) is 0.484. The molecule has 1 saturated heterocycles. The van der Waals surface area contributed by atoms with Gasteiger partial charge in [-0.1, -0.05) is 18.6 Å². The molecule has 3 amide bonds. The van der Waals surface area contributed by atoms with Crippen molar-refractivity contribution < 1.29 is 14.4 Å². The van der Waals surface area contributed by atoms with Crippen LogP contribution in [0.5, 0.6) is 0 Å². The van der Waals surface area contributed by atoms with E-state index < -0.39 is 17.2 Å². The van der Waals surface area contributed by atoms with Crippen LogP contribution in [0.1, 0.15) is 19.3 Å². The van der Waals surface area contributed by atoms with E-state index in [1.165, 1.54) is 4.90 Å². The summed E-state index contributed by atoms with van der Waals surface area (Å²) in [5, 5.41) is 2.14. The number of hydrogen-bond donors (Lipinski definition) is 2. The van der Waals surface area contributed by atoms with Crippen LogP contribution < -0.4 is 11.1 Å². The lowest BCUT2D eigenvalue weighted by Gasteiger charge is -2.43. The number of thiocarbonyl (C=S) groups is 1. The lowest BCUT2D eigenvalue weighted by atomic mass is 9.67. The molecule has 1 saturated carbocycles. The third-order valence-corrected chi connectivity index (χ3v) is 3.71. The van der Waals surface area contributed by atoms with Crippen molar-refractivity contribution in [1.29, 1.82) is 0 Å². The van der Waals surface area contributed by atoms with Gasteiger partial charge in [-0.05, 0) is 12.8 Å². The zero-order valence-corrected chi connectivity index (χ0v) is 10.0. The fraction of sp³-hybridized carbons (Fsp3) is 0.600. The summed E-state index contributed by atoms with van der Waals surface area (Å²) in [6, 6.07) is 0. The lowest BCUT2D eigenvalue weighted by Crippen LogP contribution is -2.60. The maximum Gasteiger partial charge on any atom is 0.246 e. The minimum Gasteiger partial charge on any atom is -0.392 e. The van der Waals surface area contributed by atoms with Gasteiger partial charge in [0.2, 0.25) is 17.7 Å². The monoisotopic (exact) mass is 255 g/mol. The molecule has 2 fully saturated rings. The molecule has 0 radical (unpaired) electrons. The number of hydrogen-bond acceptors (Lipinski definition) is 4. The molecule has 0 bridgehead atoms. The Hall–Kier alpha value is -1.50. The lowest BCUT2D eigenvalue weighted by molar-refractivity contribution is -0.151. The Morgan fingerprint density at radius 2 is 1.82 bits per heavy atom. The summed E-state index contributed by atoms with van der Waals surface area (Å²) in [4.78, 5) is 36.1. The maximum absolute atomic E-state index is 12.3. The molecular weight excluding hydrogens is 242 g/mol. The molecule has 1 aliphatic carbocycles. The van der Waals surface area contributed by atoms with Gasteiger partial charge in [-0.2, -0.15) is 0 Å². The molecule has 1 heterocycles.